The molecule has 0 saturated carbocycles. The van der Waals surface area contributed by atoms with Crippen LogP contribution in [0, 0.1) is 10.1 Å². The van der Waals surface area contributed by atoms with E-state index in [1.54, 1.807) is 0 Å². The van der Waals surface area contributed by atoms with Gasteiger partial charge in [0.25, 0.3) is 6.43 Å². The van der Waals surface area contributed by atoms with E-state index in [0.717, 1.165) is 7.11 Å². The number of rotatable bonds is 5. The number of nitrogens with one attached hydrogen (secondary N) is 1. The number of carbonyl (C=O) groups is 1. The number of halogens is 3. The third kappa shape index (κ3) is 6.77. The van der Waals surface area contributed by atoms with Gasteiger partial charge in [0.1, 0.15) is 17.3 Å². The number of hydrogen-bond acceptors (Lipinski definition) is 5. The summed E-state index contributed by atoms with van der Waals surface area (Å²) in [7, 11) is 1.15. The number of methoxy groups -OCH3 is 1. The molecule has 0 aliphatic heterocycles. The molecule has 0 heterocycles. The molecule has 0 radical (unpaired) electrons. The number of nitro groups is 1. The zero-order chi connectivity index (χ0) is 19.4. The molecular formula is C15H23BrF2N2O4. The van der Waals surface area contributed by atoms with Gasteiger partial charge in [0.15, 0.2) is 0 Å². The molecular weight excluding hydrogens is 390 g/mol. The molecule has 24 heavy (non-hydrogen) atoms. The lowest BCUT2D eigenvalue weighted by Crippen LogP contribution is -2.27. The van der Waals surface area contributed by atoms with Crippen molar-refractivity contribution in [2.45, 2.75) is 47.1 Å². The molecule has 1 atom stereocenters. The highest BCUT2D eigenvalue weighted by Crippen LogP contribution is 2.40. The normalized spacial score (nSPS) is 10.6. The first kappa shape index (κ1) is 24.5. The maximum atomic E-state index is 12.9. The van der Waals surface area contributed by atoms with Crippen molar-refractivity contribution in [2.75, 3.05) is 12.4 Å². The number of benzene rings is 1. The Morgan fingerprint density at radius 1 is 1.29 bits per heavy atom. The Kier molecular flexibility index (Phi) is 12.9. The SMILES string of the molecule is CC.CC.COC(=O)C(C)Nc1ccc(Br)c(C(F)F)c1[N+](=O)[O-]. The summed E-state index contributed by atoms with van der Waals surface area (Å²) in [4.78, 5) is 21.4. The molecule has 0 bridgehead atoms. The Morgan fingerprint density at radius 3 is 2.17 bits per heavy atom. The maximum Gasteiger partial charge on any atom is 0.327 e. The van der Waals surface area contributed by atoms with Gasteiger partial charge >= 0.3 is 11.7 Å². The molecule has 0 aromatic heterocycles. The fourth-order valence-corrected chi connectivity index (χ4v) is 2.07. The summed E-state index contributed by atoms with van der Waals surface area (Å²) in [5.41, 5.74) is -1.69. The third-order valence-electron chi connectivity index (χ3n) is 2.49. The summed E-state index contributed by atoms with van der Waals surface area (Å²) in [6.45, 7) is 9.40. The molecule has 0 fully saturated rings. The van der Waals surface area contributed by atoms with Crippen molar-refractivity contribution in [2.24, 2.45) is 0 Å². The molecule has 1 aromatic carbocycles. The Morgan fingerprint density at radius 2 is 1.79 bits per heavy atom. The average molecular weight is 413 g/mol. The highest BCUT2D eigenvalue weighted by Gasteiger charge is 2.30. The van der Waals surface area contributed by atoms with Crippen LogP contribution in [0.5, 0.6) is 0 Å². The first-order valence-corrected chi connectivity index (χ1v) is 8.18. The van der Waals surface area contributed by atoms with Gasteiger partial charge in [-0.2, -0.15) is 0 Å². The van der Waals surface area contributed by atoms with Crippen molar-refractivity contribution in [3.05, 3.63) is 32.3 Å². The number of anilines is 1. The van der Waals surface area contributed by atoms with E-state index >= 15 is 0 Å². The quantitative estimate of drug-likeness (QED) is 0.401. The van der Waals surface area contributed by atoms with Crippen LogP contribution in [-0.4, -0.2) is 24.0 Å². The summed E-state index contributed by atoms with van der Waals surface area (Å²) in [5.74, 6) is -0.666. The number of carbonyl (C=O) groups excluding carboxylic acids is 1. The standard InChI is InChI=1S/C11H11BrF2N2O4.2C2H6/c1-5(11(17)20-2)15-7-4-3-6(12)8(10(13)14)9(7)16(18)19;2*1-2/h3-5,10,15H,1-2H3;2*1-2H3. The molecule has 1 rings (SSSR count). The molecule has 0 spiro atoms. The van der Waals surface area contributed by atoms with E-state index in [1.165, 1.54) is 19.1 Å². The number of esters is 1. The van der Waals surface area contributed by atoms with E-state index in [-0.39, 0.29) is 10.2 Å². The molecule has 9 heteroatoms. The fraction of sp³-hybridized carbons (Fsp3) is 0.533. The molecule has 0 aliphatic rings. The number of ether oxygens (including phenoxy) is 1. The van der Waals surface area contributed by atoms with Gasteiger partial charge in [0.05, 0.1) is 12.0 Å². The minimum absolute atomic E-state index is 0.0736. The van der Waals surface area contributed by atoms with Crippen molar-refractivity contribution in [3.8, 4) is 0 Å². The molecule has 6 nitrogen and oxygen atoms in total. The molecule has 1 unspecified atom stereocenters. The van der Waals surface area contributed by atoms with Crippen molar-refractivity contribution < 1.29 is 23.2 Å². The van der Waals surface area contributed by atoms with Gasteiger partial charge in [0, 0.05) is 4.47 Å². The van der Waals surface area contributed by atoms with Crippen molar-refractivity contribution in [3.63, 3.8) is 0 Å². The Bertz CT molecular complexity index is 542. The van der Waals surface area contributed by atoms with Crippen LogP contribution in [0.15, 0.2) is 16.6 Å². The summed E-state index contributed by atoms with van der Waals surface area (Å²) in [6, 6.07) is 1.58. The molecule has 138 valence electrons. The number of nitro benzene ring substituents is 1. The molecule has 0 saturated heterocycles. The first-order valence-electron chi connectivity index (χ1n) is 7.38. The number of hydrogen-bond donors (Lipinski definition) is 1. The Balaban J connectivity index is 0. The highest BCUT2D eigenvalue weighted by molar-refractivity contribution is 9.10. The minimum Gasteiger partial charge on any atom is -0.467 e. The summed E-state index contributed by atoms with van der Waals surface area (Å²) < 4.78 is 30.3. The second-order valence-corrected chi connectivity index (χ2v) is 4.66. The van der Waals surface area contributed by atoms with Crippen LogP contribution in [0.2, 0.25) is 0 Å². The molecule has 0 amide bonds. The summed E-state index contributed by atoms with van der Waals surface area (Å²) in [5, 5.41) is 13.5. The fourth-order valence-electron chi connectivity index (χ4n) is 1.57. The van der Waals surface area contributed by atoms with Gasteiger partial charge < -0.3 is 10.1 Å². The Hall–Kier alpha value is -1.77. The lowest BCUT2D eigenvalue weighted by atomic mass is 10.1. The predicted octanol–water partition coefficient (Wildman–Crippen LogP) is 5.32. The minimum atomic E-state index is -3.03. The molecule has 1 aromatic rings. The molecule has 0 aliphatic carbocycles. The van der Waals surface area contributed by atoms with E-state index in [1.807, 2.05) is 27.7 Å². The van der Waals surface area contributed by atoms with Crippen LogP contribution in [0.25, 0.3) is 0 Å². The summed E-state index contributed by atoms with van der Waals surface area (Å²) in [6.07, 6.45) is -3.03. The second kappa shape index (κ2) is 12.6. The molecule has 1 N–H and O–H groups in total. The lowest BCUT2D eigenvalue weighted by Gasteiger charge is -2.15. The van der Waals surface area contributed by atoms with E-state index in [2.05, 4.69) is 26.0 Å². The number of nitrogens with zero attached hydrogens (tertiary/aromatic N) is 1. The zero-order valence-corrected chi connectivity index (χ0v) is 16.1. The smallest absolute Gasteiger partial charge is 0.327 e. The van der Waals surface area contributed by atoms with Gasteiger partial charge in [-0.15, -0.1) is 0 Å². The van der Waals surface area contributed by atoms with Crippen LogP contribution < -0.4 is 5.32 Å². The maximum absolute atomic E-state index is 12.9. The third-order valence-corrected chi connectivity index (χ3v) is 3.18. The monoisotopic (exact) mass is 412 g/mol. The largest absolute Gasteiger partial charge is 0.467 e. The summed E-state index contributed by atoms with van der Waals surface area (Å²) >= 11 is 2.86. The average Bonchev–Trinajstić information content (AvgIpc) is 2.58. The van der Waals surface area contributed by atoms with E-state index < -0.39 is 34.6 Å². The van der Waals surface area contributed by atoms with Crippen LogP contribution in [-0.2, 0) is 9.53 Å². The highest BCUT2D eigenvalue weighted by atomic mass is 79.9. The van der Waals surface area contributed by atoms with E-state index in [9.17, 15) is 23.7 Å². The van der Waals surface area contributed by atoms with Gasteiger partial charge in [-0.25, -0.2) is 13.6 Å². The van der Waals surface area contributed by atoms with Crippen LogP contribution in [0.3, 0.4) is 0 Å². The zero-order valence-electron chi connectivity index (χ0n) is 14.5. The first-order chi connectivity index (χ1) is 11.3. The topological polar surface area (TPSA) is 81.5 Å². The van der Waals surface area contributed by atoms with Crippen molar-refractivity contribution in [1.82, 2.24) is 0 Å². The van der Waals surface area contributed by atoms with Gasteiger partial charge in [-0.3, -0.25) is 10.1 Å². The Labute approximate surface area is 148 Å². The van der Waals surface area contributed by atoms with E-state index in [0.29, 0.717) is 0 Å². The number of alkyl halides is 2. The van der Waals surface area contributed by atoms with Gasteiger partial charge in [-0.05, 0) is 19.1 Å². The van der Waals surface area contributed by atoms with Crippen LogP contribution >= 0.6 is 15.9 Å². The van der Waals surface area contributed by atoms with Crippen LogP contribution in [0.4, 0.5) is 20.2 Å². The van der Waals surface area contributed by atoms with Crippen molar-refractivity contribution >= 4 is 33.3 Å². The van der Waals surface area contributed by atoms with Gasteiger partial charge in [-0.1, -0.05) is 43.6 Å². The second-order valence-electron chi connectivity index (χ2n) is 3.80. The van der Waals surface area contributed by atoms with Crippen molar-refractivity contribution in [1.29, 1.82) is 0 Å². The van der Waals surface area contributed by atoms with Crippen LogP contribution in [0.1, 0.15) is 46.6 Å². The lowest BCUT2D eigenvalue weighted by molar-refractivity contribution is -0.385. The van der Waals surface area contributed by atoms with Gasteiger partial charge in [0.2, 0.25) is 0 Å². The predicted molar refractivity (Wildman–Crippen MR) is 93.6 cm³/mol. The van der Waals surface area contributed by atoms with E-state index in [4.69, 9.17) is 0 Å².